The maximum absolute atomic E-state index is 12.4. The molecule has 1 aromatic rings. The number of anilines is 1. The highest BCUT2D eigenvalue weighted by Gasteiger charge is 2.33. The van der Waals surface area contributed by atoms with Crippen LogP contribution in [-0.4, -0.2) is 29.1 Å². The van der Waals surface area contributed by atoms with Gasteiger partial charge in [-0.3, -0.25) is 0 Å². The number of alkyl halides is 3. The summed E-state index contributed by atoms with van der Waals surface area (Å²) < 4.78 is 37.1. The van der Waals surface area contributed by atoms with Crippen molar-refractivity contribution in [3.05, 3.63) is 18.1 Å². The van der Waals surface area contributed by atoms with E-state index in [0.717, 1.165) is 31.9 Å². The van der Waals surface area contributed by atoms with Gasteiger partial charge in [-0.05, 0) is 13.0 Å². The number of hydrogen-bond donors (Lipinski definition) is 2. The van der Waals surface area contributed by atoms with Gasteiger partial charge in [0.25, 0.3) is 0 Å². The fourth-order valence-electron chi connectivity index (χ4n) is 1.58. The highest BCUT2D eigenvalue weighted by molar-refractivity contribution is 5.37. The predicted molar refractivity (Wildman–Crippen MR) is 51.9 cm³/mol. The van der Waals surface area contributed by atoms with E-state index in [0.29, 0.717) is 0 Å². The maximum atomic E-state index is 12.4. The zero-order valence-electron chi connectivity index (χ0n) is 8.38. The molecule has 1 saturated heterocycles. The zero-order valence-corrected chi connectivity index (χ0v) is 8.38. The van der Waals surface area contributed by atoms with E-state index in [1.54, 1.807) is 0 Å². The molecule has 0 saturated carbocycles. The van der Waals surface area contributed by atoms with Crippen LogP contribution >= 0.6 is 0 Å². The monoisotopic (exact) mass is 232 g/mol. The van der Waals surface area contributed by atoms with E-state index in [1.807, 2.05) is 0 Å². The first kappa shape index (κ1) is 11.1. The Labute approximate surface area is 90.3 Å². The second kappa shape index (κ2) is 4.25. The smallest absolute Gasteiger partial charge is 0.366 e. The molecule has 2 rings (SSSR count). The van der Waals surface area contributed by atoms with E-state index in [1.165, 1.54) is 0 Å². The SMILES string of the molecule is FC(F)(F)c1cc(N[C@H]2CCNC2)ncn1. The summed E-state index contributed by atoms with van der Waals surface area (Å²) in [4.78, 5) is 6.96. The van der Waals surface area contributed by atoms with E-state index in [2.05, 4.69) is 20.6 Å². The van der Waals surface area contributed by atoms with E-state index in [-0.39, 0.29) is 11.9 Å². The van der Waals surface area contributed by atoms with Crippen molar-refractivity contribution >= 4 is 5.82 Å². The number of hydrogen-bond acceptors (Lipinski definition) is 4. The lowest BCUT2D eigenvalue weighted by molar-refractivity contribution is -0.141. The van der Waals surface area contributed by atoms with Crippen molar-refractivity contribution in [2.75, 3.05) is 18.4 Å². The van der Waals surface area contributed by atoms with Crippen LogP contribution in [0.4, 0.5) is 19.0 Å². The lowest BCUT2D eigenvalue weighted by Gasteiger charge is -2.13. The van der Waals surface area contributed by atoms with Crippen LogP contribution in [0.1, 0.15) is 12.1 Å². The van der Waals surface area contributed by atoms with Crippen LogP contribution in [0.25, 0.3) is 0 Å². The molecule has 88 valence electrons. The van der Waals surface area contributed by atoms with E-state index < -0.39 is 11.9 Å². The lowest BCUT2D eigenvalue weighted by atomic mass is 10.2. The minimum absolute atomic E-state index is 0.135. The van der Waals surface area contributed by atoms with Gasteiger partial charge >= 0.3 is 6.18 Å². The van der Waals surface area contributed by atoms with Gasteiger partial charge in [-0.1, -0.05) is 0 Å². The largest absolute Gasteiger partial charge is 0.433 e. The van der Waals surface area contributed by atoms with Gasteiger partial charge in [0, 0.05) is 18.7 Å². The van der Waals surface area contributed by atoms with Crippen molar-refractivity contribution in [2.24, 2.45) is 0 Å². The molecule has 0 aliphatic carbocycles. The van der Waals surface area contributed by atoms with Gasteiger partial charge < -0.3 is 10.6 Å². The third-order valence-corrected chi connectivity index (χ3v) is 2.37. The molecular weight excluding hydrogens is 221 g/mol. The first-order chi connectivity index (χ1) is 7.55. The van der Waals surface area contributed by atoms with Crippen LogP contribution in [0, 0.1) is 0 Å². The molecule has 2 heterocycles. The summed E-state index contributed by atoms with van der Waals surface area (Å²) in [6.07, 6.45) is -2.62. The second-order valence-corrected chi connectivity index (χ2v) is 3.62. The molecular formula is C9H11F3N4. The minimum atomic E-state index is -4.42. The first-order valence-corrected chi connectivity index (χ1v) is 4.92. The molecule has 0 aromatic carbocycles. The minimum Gasteiger partial charge on any atom is -0.366 e. The zero-order chi connectivity index (χ0) is 11.6. The summed E-state index contributed by atoms with van der Waals surface area (Å²) >= 11 is 0. The van der Waals surface area contributed by atoms with Crippen molar-refractivity contribution in [3.8, 4) is 0 Å². The van der Waals surface area contributed by atoms with Gasteiger partial charge in [0.1, 0.15) is 17.8 Å². The van der Waals surface area contributed by atoms with E-state index >= 15 is 0 Å². The van der Waals surface area contributed by atoms with Crippen molar-refractivity contribution in [1.82, 2.24) is 15.3 Å². The van der Waals surface area contributed by atoms with Gasteiger partial charge in [0.05, 0.1) is 0 Å². The van der Waals surface area contributed by atoms with E-state index in [9.17, 15) is 13.2 Å². The Morgan fingerprint density at radius 2 is 2.19 bits per heavy atom. The Kier molecular flexibility index (Phi) is 2.95. The Morgan fingerprint density at radius 3 is 2.81 bits per heavy atom. The Morgan fingerprint density at radius 1 is 1.38 bits per heavy atom. The Balaban J connectivity index is 2.09. The highest BCUT2D eigenvalue weighted by Crippen LogP contribution is 2.28. The molecule has 4 nitrogen and oxygen atoms in total. The van der Waals surface area contributed by atoms with Gasteiger partial charge in [0.15, 0.2) is 0 Å². The normalized spacial score (nSPS) is 21.1. The summed E-state index contributed by atoms with van der Waals surface area (Å²) in [5.74, 6) is 0.219. The number of nitrogens with zero attached hydrogens (tertiary/aromatic N) is 2. The van der Waals surface area contributed by atoms with Gasteiger partial charge in [-0.2, -0.15) is 13.2 Å². The maximum Gasteiger partial charge on any atom is 0.433 e. The van der Waals surface area contributed by atoms with Crippen LogP contribution in [0.5, 0.6) is 0 Å². The average molecular weight is 232 g/mol. The molecule has 0 radical (unpaired) electrons. The molecule has 0 bridgehead atoms. The highest BCUT2D eigenvalue weighted by atomic mass is 19.4. The number of nitrogens with one attached hydrogen (secondary N) is 2. The molecule has 16 heavy (non-hydrogen) atoms. The average Bonchev–Trinajstić information content (AvgIpc) is 2.70. The molecule has 0 unspecified atom stereocenters. The van der Waals surface area contributed by atoms with E-state index in [4.69, 9.17) is 0 Å². The number of rotatable bonds is 2. The number of halogens is 3. The molecule has 2 N–H and O–H groups in total. The molecule has 0 amide bonds. The molecule has 7 heteroatoms. The van der Waals surface area contributed by atoms with Crippen LogP contribution in [0.3, 0.4) is 0 Å². The second-order valence-electron chi connectivity index (χ2n) is 3.62. The lowest BCUT2D eigenvalue weighted by Crippen LogP contribution is -2.23. The summed E-state index contributed by atoms with van der Waals surface area (Å²) in [7, 11) is 0. The summed E-state index contributed by atoms with van der Waals surface area (Å²) in [6, 6.07) is 1.06. The third kappa shape index (κ3) is 2.60. The van der Waals surface area contributed by atoms with Crippen LogP contribution in [0.2, 0.25) is 0 Å². The van der Waals surface area contributed by atoms with Crippen molar-refractivity contribution in [3.63, 3.8) is 0 Å². The van der Waals surface area contributed by atoms with Crippen LogP contribution < -0.4 is 10.6 Å². The quantitative estimate of drug-likeness (QED) is 0.806. The summed E-state index contributed by atoms with van der Waals surface area (Å²) in [5, 5.41) is 6.05. The summed E-state index contributed by atoms with van der Waals surface area (Å²) in [6.45, 7) is 1.61. The van der Waals surface area contributed by atoms with Crippen molar-refractivity contribution in [2.45, 2.75) is 18.6 Å². The number of aromatic nitrogens is 2. The van der Waals surface area contributed by atoms with Crippen LogP contribution in [-0.2, 0) is 6.18 Å². The van der Waals surface area contributed by atoms with Crippen molar-refractivity contribution in [1.29, 1.82) is 0 Å². The predicted octanol–water partition coefficient (Wildman–Crippen LogP) is 1.27. The van der Waals surface area contributed by atoms with Crippen LogP contribution in [0.15, 0.2) is 12.4 Å². The van der Waals surface area contributed by atoms with Gasteiger partial charge in [0.2, 0.25) is 0 Å². The summed E-state index contributed by atoms with van der Waals surface area (Å²) in [5.41, 5.74) is -0.920. The van der Waals surface area contributed by atoms with Gasteiger partial charge in [-0.15, -0.1) is 0 Å². The third-order valence-electron chi connectivity index (χ3n) is 2.37. The fourth-order valence-corrected chi connectivity index (χ4v) is 1.58. The van der Waals surface area contributed by atoms with Crippen molar-refractivity contribution < 1.29 is 13.2 Å². The first-order valence-electron chi connectivity index (χ1n) is 4.92. The topological polar surface area (TPSA) is 49.8 Å². The molecule has 1 aromatic heterocycles. The molecule has 1 atom stereocenters. The molecule has 1 aliphatic heterocycles. The Hall–Kier alpha value is -1.37. The molecule has 1 aliphatic rings. The standard InChI is InChI=1S/C9H11F3N4/c10-9(11,12)7-3-8(15-5-14-7)16-6-1-2-13-4-6/h3,5-6,13H,1-2,4H2,(H,14,15,16)/t6-/m0/s1. The Bertz CT molecular complexity index is 360. The fraction of sp³-hybridized carbons (Fsp3) is 0.556. The molecule has 0 spiro atoms. The van der Waals surface area contributed by atoms with Gasteiger partial charge in [-0.25, -0.2) is 9.97 Å². The molecule has 1 fully saturated rings.